The second kappa shape index (κ2) is 16.5. The number of nitrogens with zero attached hydrogens (tertiary/aromatic N) is 2. The molecule has 0 bridgehead atoms. The predicted octanol–water partition coefficient (Wildman–Crippen LogP) is 7.75. The zero-order valence-electron chi connectivity index (χ0n) is 28.3. The zero-order valence-corrected chi connectivity index (χ0v) is 31.5. The molecule has 0 aliphatic rings. The topological polar surface area (TPSA) is 136 Å². The minimum atomic E-state index is -0.840. The maximum Gasteiger partial charge on any atom is 0.319 e. The molecule has 246 valence electrons. The van der Waals surface area contributed by atoms with Crippen molar-refractivity contribution in [2.24, 2.45) is 0 Å². The number of Topliss-reactive ketones (excluding diaryl/α,β-unsaturated/α-hetero) is 2. The maximum absolute atomic E-state index is 12.3. The van der Waals surface area contributed by atoms with E-state index >= 15 is 0 Å². The van der Waals surface area contributed by atoms with E-state index in [2.05, 4.69) is 75.2 Å². The number of hydrogen-bond donors (Lipinski definition) is 2. The lowest BCUT2D eigenvalue weighted by atomic mass is 9.91. The van der Waals surface area contributed by atoms with E-state index < -0.39 is 20.2 Å². The van der Waals surface area contributed by atoms with Crippen LogP contribution in [0, 0.1) is 0 Å². The Morgan fingerprint density at radius 1 is 0.744 bits per heavy atom. The number of unbranched alkanes of at least 4 members (excludes halogenated alkanes) is 1. The van der Waals surface area contributed by atoms with E-state index in [1.165, 1.54) is 0 Å². The SMILES string of the molecule is CC(C)(Br)C(=O)Cc1cc(C(C)(C)C)on1.CC(C)(Br)C(=O)O.CCCCNC(C)(C)C(=O)Cc1cc(C(C)(C)C)on1. The highest BCUT2D eigenvalue weighted by atomic mass is 79.9. The van der Waals surface area contributed by atoms with Gasteiger partial charge in [0, 0.05) is 23.0 Å². The number of ketones is 2. The van der Waals surface area contributed by atoms with Gasteiger partial charge < -0.3 is 19.5 Å². The number of hydrogen-bond acceptors (Lipinski definition) is 8. The Morgan fingerprint density at radius 3 is 1.40 bits per heavy atom. The number of aromatic nitrogens is 2. The molecule has 0 unspecified atom stereocenters. The van der Waals surface area contributed by atoms with Crippen molar-refractivity contribution < 1.29 is 28.5 Å². The lowest BCUT2D eigenvalue weighted by Gasteiger charge is -2.24. The Hall–Kier alpha value is -1.85. The number of carboxylic acids is 1. The van der Waals surface area contributed by atoms with Crippen molar-refractivity contribution in [1.82, 2.24) is 15.6 Å². The summed E-state index contributed by atoms with van der Waals surface area (Å²) in [5.41, 5.74) is 0.741. The second-order valence-electron chi connectivity index (χ2n) is 14.2. The van der Waals surface area contributed by atoms with Gasteiger partial charge in [-0.2, -0.15) is 0 Å². The third-order valence-electron chi connectivity index (χ3n) is 6.25. The molecule has 9 nitrogen and oxygen atoms in total. The van der Waals surface area contributed by atoms with Gasteiger partial charge in [0.25, 0.3) is 0 Å². The third-order valence-corrected chi connectivity index (χ3v) is 7.03. The predicted molar refractivity (Wildman–Crippen MR) is 178 cm³/mol. The lowest BCUT2D eigenvalue weighted by molar-refractivity contribution is -0.138. The van der Waals surface area contributed by atoms with E-state index in [9.17, 15) is 14.4 Å². The van der Waals surface area contributed by atoms with E-state index in [0.717, 1.165) is 30.9 Å². The van der Waals surface area contributed by atoms with Crippen LogP contribution in [-0.2, 0) is 38.1 Å². The first-order valence-corrected chi connectivity index (χ1v) is 16.2. The Labute approximate surface area is 274 Å². The minimum absolute atomic E-state index is 0.0712. The molecular weight excluding hydrogens is 682 g/mol. The Balaban J connectivity index is 0.000000684. The van der Waals surface area contributed by atoms with Gasteiger partial charge in [-0.05, 0) is 54.5 Å². The van der Waals surface area contributed by atoms with Gasteiger partial charge in [0.2, 0.25) is 0 Å². The molecule has 0 fully saturated rings. The van der Waals surface area contributed by atoms with Crippen LogP contribution in [0.3, 0.4) is 0 Å². The molecule has 0 spiro atoms. The van der Waals surface area contributed by atoms with E-state index in [4.69, 9.17) is 14.2 Å². The quantitative estimate of drug-likeness (QED) is 0.175. The van der Waals surface area contributed by atoms with E-state index in [1.807, 2.05) is 60.6 Å². The molecular formula is C32H53Br2N3O6. The van der Waals surface area contributed by atoms with Gasteiger partial charge in [-0.3, -0.25) is 14.4 Å². The molecule has 0 amide bonds. The summed E-state index contributed by atoms with van der Waals surface area (Å²) in [5, 5.41) is 19.4. The summed E-state index contributed by atoms with van der Waals surface area (Å²) >= 11 is 6.28. The van der Waals surface area contributed by atoms with Gasteiger partial charge in [0.05, 0.1) is 34.1 Å². The molecule has 2 rings (SSSR count). The molecule has 2 N–H and O–H groups in total. The average Bonchev–Trinajstić information content (AvgIpc) is 3.48. The Kier molecular flexibility index (Phi) is 15.7. The fourth-order valence-electron chi connectivity index (χ4n) is 2.93. The van der Waals surface area contributed by atoms with Crippen LogP contribution in [0.15, 0.2) is 21.2 Å². The Bertz CT molecular complexity index is 1170. The Morgan fingerprint density at radius 2 is 1.12 bits per heavy atom. The van der Waals surface area contributed by atoms with Gasteiger partial charge in [-0.1, -0.05) is 97.1 Å². The summed E-state index contributed by atoms with van der Waals surface area (Å²) in [5.74, 6) is 1.02. The molecule has 2 heterocycles. The third kappa shape index (κ3) is 16.2. The first kappa shape index (κ1) is 41.1. The first-order chi connectivity index (χ1) is 19.2. The molecule has 2 aromatic rings. The van der Waals surface area contributed by atoms with Crippen LogP contribution in [0.1, 0.15) is 126 Å². The van der Waals surface area contributed by atoms with Crippen LogP contribution >= 0.6 is 31.9 Å². The van der Waals surface area contributed by atoms with Gasteiger partial charge >= 0.3 is 5.97 Å². The first-order valence-electron chi connectivity index (χ1n) is 14.6. The molecule has 0 aliphatic carbocycles. The fraction of sp³-hybridized carbons (Fsp3) is 0.719. The molecule has 0 aromatic carbocycles. The number of carbonyl (C=O) groups excluding carboxylic acids is 2. The number of aliphatic carboxylic acids is 1. The standard InChI is InChI=1S/C16H28N2O2.C12H18BrNO2.C4H7BrO2/c1-7-8-9-17-16(5,6)13(19)10-12-11-14(20-18-12)15(2,3)4;1-11(2,3)10-7-8(14-16-10)6-9(15)12(4,5)13;1-4(2,5)3(6)7/h11,17H,7-10H2,1-6H3;7H,6H2,1-5H3;1-2H3,(H,6,7). The highest BCUT2D eigenvalue weighted by molar-refractivity contribution is 9.10. The van der Waals surface area contributed by atoms with Crippen molar-refractivity contribution >= 4 is 49.4 Å². The zero-order chi connectivity index (χ0) is 34.0. The van der Waals surface area contributed by atoms with Crippen LogP contribution in [-0.4, -0.2) is 53.7 Å². The minimum Gasteiger partial charge on any atom is -0.480 e. The molecule has 11 heteroatoms. The molecule has 0 radical (unpaired) electrons. The van der Waals surface area contributed by atoms with Crippen molar-refractivity contribution in [3.8, 4) is 0 Å². The van der Waals surface area contributed by atoms with Crippen molar-refractivity contribution in [2.45, 2.75) is 141 Å². The molecule has 0 atom stereocenters. The van der Waals surface area contributed by atoms with Crippen LogP contribution in [0.2, 0.25) is 0 Å². The van der Waals surface area contributed by atoms with Gasteiger partial charge in [0.15, 0.2) is 11.6 Å². The number of halogens is 2. The summed E-state index contributed by atoms with van der Waals surface area (Å²) in [4.78, 5) is 34.1. The van der Waals surface area contributed by atoms with Gasteiger partial charge in [-0.15, -0.1) is 0 Å². The van der Waals surface area contributed by atoms with E-state index in [0.29, 0.717) is 24.2 Å². The van der Waals surface area contributed by atoms with Crippen molar-refractivity contribution in [2.75, 3.05) is 6.54 Å². The molecule has 0 saturated carbocycles. The highest BCUT2D eigenvalue weighted by Crippen LogP contribution is 2.25. The highest BCUT2D eigenvalue weighted by Gasteiger charge is 2.29. The normalized spacial score (nSPS) is 12.5. The van der Waals surface area contributed by atoms with Crippen LogP contribution in [0.25, 0.3) is 0 Å². The fourth-order valence-corrected chi connectivity index (χ4v) is 3.07. The number of carboxylic acid groups (broad SMARTS) is 1. The summed E-state index contributed by atoms with van der Waals surface area (Å²) < 4.78 is 9.27. The number of rotatable bonds is 11. The van der Waals surface area contributed by atoms with Crippen molar-refractivity contribution in [1.29, 1.82) is 0 Å². The molecule has 43 heavy (non-hydrogen) atoms. The van der Waals surface area contributed by atoms with Crippen LogP contribution in [0.4, 0.5) is 0 Å². The summed E-state index contributed by atoms with van der Waals surface area (Å²) in [6.07, 6.45) is 2.81. The average molecular weight is 736 g/mol. The monoisotopic (exact) mass is 733 g/mol. The molecule has 2 aromatic heterocycles. The van der Waals surface area contributed by atoms with E-state index in [1.54, 1.807) is 13.8 Å². The molecule has 0 aliphatic heterocycles. The maximum atomic E-state index is 12.3. The number of alkyl halides is 2. The van der Waals surface area contributed by atoms with Gasteiger partial charge in [0.1, 0.15) is 15.8 Å². The smallest absolute Gasteiger partial charge is 0.319 e. The van der Waals surface area contributed by atoms with Crippen LogP contribution < -0.4 is 5.32 Å². The van der Waals surface area contributed by atoms with Crippen molar-refractivity contribution in [3.05, 3.63) is 35.0 Å². The summed E-state index contributed by atoms with van der Waals surface area (Å²) in [7, 11) is 0. The van der Waals surface area contributed by atoms with E-state index in [-0.39, 0.29) is 22.4 Å². The van der Waals surface area contributed by atoms with Crippen molar-refractivity contribution in [3.63, 3.8) is 0 Å². The molecule has 0 saturated heterocycles. The van der Waals surface area contributed by atoms with Gasteiger partial charge in [-0.25, -0.2) is 0 Å². The largest absolute Gasteiger partial charge is 0.480 e. The number of nitrogens with one attached hydrogen (secondary N) is 1. The lowest BCUT2D eigenvalue weighted by Crippen LogP contribution is -2.47. The summed E-state index contributed by atoms with van der Waals surface area (Å²) in [6, 6.07) is 3.75. The number of carbonyl (C=O) groups is 3. The second-order valence-corrected chi connectivity index (χ2v) is 18.2. The summed E-state index contributed by atoms with van der Waals surface area (Å²) in [6.45, 7) is 26.0. The van der Waals surface area contributed by atoms with Crippen LogP contribution in [0.5, 0.6) is 0 Å².